The van der Waals surface area contributed by atoms with Crippen molar-refractivity contribution in [3.63, 3.8) is 0 Å². The molecule has 2 saturated heterocycles. The van der Waals surface area contributed by atoms with Gasteiger partial charge < -0.3 is 24.8 Å². The molecule has 2 aromatic rings. The molecule has 8 heteroatoms. The number of anilines is 1. The van der Waals surface area contributed by atoms with Gasteiger partial charge in [0.25, 0.3) is 0 Å². The molecule has 1 aromatic heterocycles. The van der Waals surface area contributed by atoms with Crippen LogP contribution in [0.1, 0.15) is 6.92 Å². The number of carbonyl (C=O) groups excluding carboxylic acids is 1. The number of aromatic nitrogens is 2. The number of methoxy groups -OCH3 is 1. The Bertz CT molecular complexity index is 831. The molecule has 0 aliphatic carbocycles. The van der Waals surface area contributed by atoms with Crippen molar-refractivity contribution in [3.05, 3.63) is 36.5 Å². The lowest BCUT2D eigenvalue weighted by atomic mass is 10.1. The lowest BCUT2D eigenvalue weighted by Gasteiger charge is -2.18. The highest BCUT2D eigenvalue weighted by Gasteiger charge is 2.48. The van der Waals surface area contributed by atoms with Crippen molar-refractivity contribution in [2.24, 2.45) is 0 Å². The smallest absolute Gasteiger partial charge is 0.223 e. The van der Waals surface area contributed by atoms with Crippen molar-refractivity contribution in [2.45, 2.75) is 31.2 Å². The molecule has 4 rings (SSSR count). The Labute approximate surface area is 157 Å². The van der Waals surface area contributed by atoms with E-state index in [1.807, 2.05) is 30.3 Å². The van der Waals surface area contributed by atoms with Crippen molar-refractivity contribution >= 4 is 11.9 Å². The third-order valence-corrected chi connectivity index (χ3v) is 4.80. The Hall–Kier alpha value is -2.71. The highest BCUT2D eigenvalue weighted by Crippen LogP contribution is 2.30. The fourth-order valence-corrected chi connectivity index (χ4v) is 3.61. The molecule has 0 radical (unpaired) electrons. The number of fused-ring (bicyclic) bond motifs is 1. The molecule has 0 saturated carbocycles. The molecule has 0 spiro atoms. The highest BCUT2D eigenvalue weighted by atomic mass is 16.6. The Kier molecular flexibility index (Phi) is 4.91. The molecule has 1 amide bonds. The van der Waals surface area contributed by atoms with E-state index in [1.165, 1.54) is 6.92 Å². The molecule has 27 heavy (non-hydrogen) atoms. The molecule has 8 nitrogen and oxygen atoms in total. The van der Waals surface area contributed by atoms with Gasteiger partial charge in [-0.2, -0.15) is 0 Å². The number of hydrogen-bond donors (Lipinski definition) is 2. The van der Waals surface area contributed by atoms with E-state index in [4.69, 9.17) is 14.2 Å². The van der Waals surface area contributed by atoms with Crippen LogP contribution in [-0.2, 0) is 14.3 Å². The summed E-state index contributed by atoms with van der Waals surface area (Å²) in [7, 11) is 1.64. The van der Waals surface area contributed by atoms with Gasteiger partial charge in [-0.25, -0.2) is 9.97 Å². The minimum atomic E-state index is -0.163. The minimum absolute atomic E-state index is 0.0818. The number of benzene rings is 1. The number of amides is 1. The van der Waals surface area contributed by atoms with Crippen LogP contribution in [0.4, 0.5) is 5.95 Å². The van der Waals surface area contributed by atoms with E-state index in [-0.39, 0.29) is 30.2 Å². The summed E-state index contributed by atoms with van der Waals surface area (Å²) in [4.78, 5) is 20.3. The van der Waals surface area contributed by atoms with Crippen LogP contribution in [0.3, 0.4) is 0 Å². The van der Waals surface area contributed by atoms with Crippen molar-refractivity contribution < 1.29 is 19.0 Å². The second kappa shape index (κ2) is 7.50. The second-order valence-electron chi connectivity index (χ2n) is 6.62. The summed E-state index contributed by atoms with van der Waals surface area (Å²) < 4.78 is 17.1. The maximum absolute atomic E-state index is 11.3. The molecule has 4 atom stereocenters. The lowest BCUT2D eigenvalue weighted by Crippen LogP contribution is -2.44. The Morgan fingerprint density at radius 3 is 2.67 bits per heavy atom. The zero-order valence-electron chi connectivity index (χ0n) is 15.2. The van der Waals surface area contributed by atoms with Crippen LogP contribution >= 0.6 is 0 Å². The zero-order chi connectivity index (χ0) is 18.8. The van der Waals surface area contributed by atoms with Crippen LogP contribution in [0.15, 0.2) is 36.5 Å². The van der Waals surface area contributed by atoms with Gasteiger partial charge in [-0.15, -0.1) is 0 Å². The summed E-state index contributed by atoms with van der Waals surface area (Å²) in [5.74, 6) is 1.17. The molecule has 0 bridgehead atoms. The average molecular weight is 370 g/mol. The average Bonchev–Trinajstić information content (AvgIpc) is 3.25. The first-order chi connectivity index (χ1) is 13.2. The molecule has 2 aliphatic rings. The molecule has 2 N–H and O–H groups in total. The number of para-hydroxylation sites is 1. The highest BCUT2D eigenvalue weighted by molar-refractivity contribution is 5.73. The predicted molar refractivity (Wildman–Crippen MR) is 98.5 cm³/mol. The second-order valence-corrected chi connectivity index (χ2v) is 6.62. The van der Waals surface area contributed by atoms with Crippen molar-refractivity contribution in [1.82, 2.24) is 15.3 Å². The van der Waals surface area contributed by atoms with Crippen LogP contribution in [0.25, 0.3) is 11.3 Å². The molecule has 2 fully saturated rings. The summed E-state index contributed by atoms with van der Waals surface area (Å²) >= 11 is 0. The molecule has 1 aromatic carbocycles. The van der Waals surface area contributed by atoms with E-state index in [0.717, 1.165) is 17.0 Å². The van der Waals surface area contributed by atoms with Crippen LogP contribution in [0.2, 0.25) is 0 Å². The fourth-order valence-electron chi connectivity index (χ4n) is 3.61. The normalized spacial score (nSPS) is 26.4. The number of carbonyl (C=O) groups is 1. The summed E-state index contributed by atoms with van der Waals surface area (Å²) in [6, 6.07) is 9.35. The summed E-state index contributed by atoms with van der Waals surface area (Å²) in [5, 5.41) is 6.19. The fraction of sp³-hybridized carbons (Fsp3) is 0.421. The zero-order valence-corrected chi connectivity index (χ0v) is 15.2. The van der Waals surface area contributed by atoms with E-state index >= 15 is 0 Å². The van der Waals surface area contributed by atoms with E-state index in [1.54, 1.807) is 13.3 Å². The Balaban J connectivity index is 1.49. The van der Waals surface area contributed by atoms with Gasteiger partial charge in [-0.05, 0) is 18.2 Å². The number of rotatable bonds is 5. The largest absolute Gasteiger partial charge is 0.496 e. The maximum Gasteiger partial charge on any atom is 0.223 e. The van der Waals surface area contributed by atoms with Gasteiger partial charge in [0.05, 0.1) is 38.1 Å². The van der Waals surface area contributed by atoms with Crippen LogP contribution in [0, 0.1) is 0 Å². The molecule has 0 unspecified atom stereocenters. The molecule has 2 aliphatic heterocycles. The third kappa shape index (κ3) is 3.58. The third-order valence-electron chi connectivity index (χ3n) is 4.80. The summed E-state index contributed by atoms with van der Waals surface area (Å²) in [6.45, 7) is 2.40. The molecule has 3 heterocycles. The first kappa shape index (κ1) is 17.7. The quantitative estimate of drug-likeness (QED) is 0.817. The van der Waals surface area contributed by atoms with Gasteiger partial charge in [0.2, 0.25) is 11.9 Å². The first-order valence-corrected chi connectivity index (χ1v) is 8.89. The summed E-state index contributed by atoms with van der Waals surface area (Å²) in [6.07, 6.45) is 1.39. The van der Waals surface area contributed by atoms with Crippen LogP contribution in [-0.4, -0.2) is 60.5 Å². The summed E-state index contributed by atoms with van der Waals surface area (Å²) in [5.41, 5.74) is 1.66. The lowest BCUT2D eigenvalue weighted by molar-refractivity contribution is -0.120. The van der Waals surface area contributed by atoms with Crippen molar-refractivity contribution in [1.29, 1.82) is 0 Å². The monoisotopic (exact) mass is 370 g/mol. The number of ether oxygens (including phenoxy) is 3. The molecular weight excluding hydrogens is 348 g/mol. The van der Waals surface area contributed by atoms with Gasteiger partial charge in [0, 0.05) is 18.7 Å². The van der Waals surface area contributed by atoms with Crippen molar-refractivity contribution in [3.8, 4) is 17.0 Å². The van der Waals surface area contributed by atoms with E-state index in [0.29, 0.717) is 19.2 Å². The predicted octanol–water partition coefficient (Wildman–Crippen LogP) is 1.23. The minimum Gasteiger partial charge on any atom is -0.496 e. The van der Waals surface area contributed by atoms with Gasteiger partial charge in [-0.1, -0.05) is 12.1 Å². The molecule has 142 valence electrons. The van der Waals surface area contributed by atoms with Crippen molar-refractivity contribution in [2.75, 3.05) is 25.6 Å². The van der Waals surface area contributed by atoms with E-state index in [2.05, 4.69) is 20.6 Å². The maximum atomic E-state index is 11.3. The van der Waals surface area contributed by atoms with Gasteiger partial charge in [0.1, 0.15) is 18.0 Å². The first-order valence-electron chi connectivity index (χ1n) is 8.89. The standard InChI is InChI=1S/C19H22N4O4/c1-11(24)21-14-9-26-18-15(10-27-17(14)18)23-19-20-8-7-13(22-19)12-5-3-4-6-16(12)25-2/h3-8,14-15,17-18H,9-10H2,1-2H3,(H,21,24)(H,20,22,23)/t14-,15-,17+,18+/m0/s1. The Morgan fingerprint density at radius 1 is 1.15 bits per heavy atom. The van der Waals surface area contributed by atoms with E-state index in [9.17, 15) is 4.79 Å². The van der Waals surface area contributed by atoms with Gasteiger partial charge in [-0.3, -0.25) is 4.79 Å². The van der Waals surface area contributed by atoms with E-state index < -0.39 is 0 Å². The number of nitrogens with zero attached hydrogens (tertiary/aromatic N) is 2. The number of hydrogen-bond acceptors (Lipinski definition) is 7. The molecular formula is C19H22N4O4. The SMILES string of the molecule is COc1ccccc1-c1ccnc(N[C@H]2CO[C@H]3[C@@H]2OC[C@@H]3NC(C)=O)n1. The topological polar surface area (TPSA) is 94.6 Å². The van der Waals surface area contributed by atoms with Crippen LogP contribution in [0.5, 0.6) is 5.75 Å². The Morgan fingerprint density at radius 2 is 1.89 bits per heavy atom. The van der Waals surface area contributed by atoms with Crippen LogP contribution < -0.4 is 15.4 Å². The van der Waals surface area contributed by atoms with Gasteiger partial charge in [0.15, 0.2) is 0 Å². The number of nitrogens with one attached hydrogen (secondary N) is 2. The van der Waals surface area contributed by atoms with Gasteiger partial charge >= 0.3 is 0 Å².